The molecule has 2 heterocycles. The molecule has 7 heteroatoms. The molecule has 2 N–H and O–H groups in total. The summed E-state index contributed by atoms with van der Waals surface area (Å²) in [6.45, 7) is 0.215. The van der Waals surface area contributed by atoms with Crippen molar-refractivity contribution < 1.29 is 10.2 Å². The summed E-state index contributed by atoms with van der Waals surface area (Å²) in [4.78, 5) is 1.88. The van der Waals surface area contributed by atoms with Gasteiger partial charge in [-0.3, -0.25) is 0 Å². The van der Waals surface area contributed by atoms with Crippen LogP contribution in [0.15, 0.2) is 26.5 Å². The number of aliphatic hydroxyl groups excluding tert-OH is 2. The van der Waals surface area contributed by atoms with Crippen LogP contribution in [-0.4, -0.2) is 10.2 Å². The molecule has 0 spiro atoms. The predicted octanol–water partition coefficient (Wildman–Crippen LogP) is 4.66. The summed E-state index contributed by atoms with van der Waals surface area (Å²) in [6.07, 6.45) is 0. The first-order valence-corrected chi connectivity index (χ1v) is 8.11. The summed E-state index contributed by atoms with van der Waals surface area (Å²) in [7, 11) is 0. The predicted molar refractivity (Wildman–Crippen MR) is 80.9 cm³/mol. The lowest BCUT2D eigenvalue weighted by molar-refractivity contribution is 0.285. The summed E-state index contributed by atoms with van der Waals surface area (Å²) in [5.41, 5.74) is 0. The number of hydrogen-bond donors (Lipinski definition) is 2. The molecule has 2 nitrogen and oxygen atoms in total. The van der Waals surface area contributed by atoms with Crippen LogP contribution < -0.4 is 0 Å². The van der Waals surface area contributed by atoms with Crippen LogP contribution in [-0.2, 0) is 13.2 Å². The molecular formula is C10H9Br2ClO2S2. The first-order chi connectivity index (χ1) is 8.06. The van der Waals surface area contributed by atoms with Crippen molar-refractivity contribution in [3.05, 3.63) is 40.5 Å². The molecule has 0 atom stereocenters. The van der Waals surface area contributed by atoms with Gasteiger partial charge in [-0.25, -0.2) is 0 Å². The molecule has 0 aliphatic heterocycles. The monoisotopic (exact) mass is 418 g/mol. The van der Waals surface area contributed by atoms with Gasteiger partial charge in [0, 0.05) is 24.1 Å². The molecule has 0 aliphatic rings. The summed E-state index contributed by atoms with van der Waals surface area (Å²) in [6, 6.07) is 3.72. The van der Waals surface area contributed by atoms with E-state index in [0.29, 0.717) is 4.34 Å². The molecule has 0 unspecified atom stereocenters. The van der Waals surface area contributed by atoms with Crippen LogP contribution in [0, 0.1) is 0 Å². The summed E-state index contributed by atoms with van der Waals surface area (Å²) in [5.74, 6) is 0. The Morgan fingerprint density at radius 2 is 1.76 bits per heavy atom. The maximum Gasteiger partial charge on any atom is 0.107 e. The quantitative estimate of drug-likeness (QED) is 0.742. The zero-order valence-electron chi connectivity index (χ0n) is 8.49. The minimum absolute atomic E-state index is 0.0655. The molecule has 94 valence electrons. The molecular weight excluding hydrogens is 412 g/mol. The van der Waals surface area contributed by atoms with E-state index >= 15 is 0 Å². The van der Waals surface area contributed by atoms with E-state index in [2.05, 4.69) is 31.9 Å². The topological polar surface area (TPSA) is 40.5 Å². The molecule has 0 amide bonds. The minimum atomic E-state index is 0.0655. The van der Waals surface area contributed by atoms with Crippen LogP contribution in [0.5, 0.6) is 0 Å². The van der Waals surface area contributed by atoms with Crippen LogP contribution in [0.1, 0.15) is 9.75 Å². The number of halogens is 3. The molecule has 0 fully saturated rings. The lowest BCUT2D eigenvalue weighted by Crippen LogP contribution is -1.70. The molecule has 2 aromatic heterocycles. The van der Waals surface area contributed by atoms with E-state index < -0.39 is 0 Å². The third kappa shape index (κ3) is 5.38. The molecule has 0 aliphatic carbocycles. The van der Waals surface area contributed by atoms with E-state index in [0.717, 1.165) is 18.7 Å². The minimum Gasteiger partial charge on any atom is -0.391 e. The maximum absolute atomic E-state index is 8.61. The Labute approximate surface area is 129 Å². The fourth-order valence-corrected chi connectivity index (χ4v) is 3.87. The summed E-state index contributed by atoms with van der Waals surface area (Å²) < 4.78 is 2.60. The van der Waals surface area contributed by atoms with E-state index in [-0.39, 0.29) is 13.2 Å². The largest absolute Gasteiger partial charge is 0.391 e. The molecule has 0 radical (unpaired) electrons. The second-order valence-corrected chi connectivity index (χ2v) is 7.39. The average Bonchev–Trinajstić information content (AvgIpc) is 2.87. The van der Waals surface area contributed by atoms with E-state index in [4.69, 9.17) is 21.8 Å². The Bertz CT molecular complexity index is 451. The highest BCUT2D eigenvalue weighted by molar-refractivity contribution is 9.10. The zero-order chi connectivity index (χ0) is 12.8. The molecule has 0 saturated heterocycles. The van der Waals surface area contributed by atoms with Crippen molar-refractivity contribution in [3.8, 4) is 0 Å². The third-order valence-electron chi connectivity index (χ3n) is 1.63. The van der Waals surface area contributed by atoms with Gasteiger partial charge in [0.15, 0.2) is 0 Å². The van der Waals surface area contributed by atoms with Crippen molar-refractivity contribution in [1.82, 2.24) is 0 Å². The van der Waals surface area contributed by atoms with Gasteiger partial charge in [0.1, 0.15) is 4.34 Å². The van der Waals surface area contributed by atoms with Gasteiger partial charge >= 0.3 is 0 Å². The zero-order valence-corrected chi connectivity index (χ0v) is 14.1. The van der Waals surface area contributed by atoms with E-state index in [9.17, 15) is 0 Å². The molecule has 0 bridgehead atoms. The van der Waals surface area contributed by atoms with E-state index in [1.54, 1.807) is 11.3 Å². The number of rotatable bonds is 2. The van der Waals surface area contributed by atoms with Gasteiger partial charge in [0.2, 0.25) is 0 Å². The SMILES string of the molecule is OCc1cc(Br)c(Cl)s1.OCc1cc(Br)cs1. The molecule has 0 saturated carbocycles. The standard InChI is InChI=1S/C5H4BrClOS.C5H5BrOS/c6-4-1-3(2-8)9-5(4)7;6-4-1-5(2-7)8-3-4/h1,8H,2H2;1,3,7H,2H2. The second-order valence-electron chi connectivity index (χ2n) is 2.88. The lowest BCUT2D eigenvalue weighted by atomic mass is 10.5. The van der Waals surface area contributed by atoms with E-state index in [1.807, 2.05) is 17.5 Å². The molecule has 0 aromatic carbocycles. The number of aliphatic hydroxyl groups is 2. The van der Waals surface area contributed by atoms with Crippen molar-refractivity contribution in [2.24, 2.45) is 0 Å². The first kappa shape index (κ1) is 15.6. The highest BCUT2D eigenvalue weighted by Crippen LogP contribution is 2.31. The van der Waals surface area contributed by atoms with Crippen LogP contribution in [0.2, 0.25) is 4.34 Å². The lowest BCUT2D eigenvalue weighted by Gasteiger charge is -1.79. The fraction of sp³-hybridized carbons (Fsp3) is 0.200. The Hall–Kier alpha value is 0.570. The summed E-state index contributed by atoms with van der Waals surface area (Å²) >= 11 is 15.1. The van der Waals surface area contributed by atoms with Crippen LogP contribution >= 0.6 is 66.1 Å². The molecule has 2 aromatic rings. The van der Waals surface area contributed by atoms with Gasteiger partial charge in [-0.05, 0) is 44.0 Å². The molecule has 2 rings (SSSR count). The van der Waals surface area contributed by atoms with Crippen LogP contribution in [0.4, 0.5) is 0 Å². The van der Waals surface area contributed by atoms with Crippen molar-refractivity contribution in [2.75, 3.05) is 0 Å². The van der Waals surface area contributed by atoms with Gasteiger partial charge in [0.25, 0.3) is 0 Å². The Morgan fingerprint density at radius 3 is 2.00 bits per heavy atom. The summed E-state index contributed by atoms with van der Waals surface area (Å²) in [5, 5.41) is 19.1. The van der Waals surface area contributed by atoms with Gasteiger partial charge in [-0.2, -0.15) is 0 Å². The highest BCUT2D eigenvalue weighted by atomic mass is 79.9. The first-order valence-electron chi connectivity index (χ1n) is 4.45. The number of hydrogen-bond acceptors (Lipinski definition) is 4. The Morgan fingerprint density at radius 1 is 1.12 bits per heavy atom. The third-order valence-corrected chi connectivity index (χ3v) is 5.77. The molecule has 17 heavy (non-hydrogen) atoms. The number of thiophene rings is 2. The fourth-order valence-electron chi connectivity index (χ4n) is 0.906. The highest BCUT2D eigenvalue weighted by Gasteiger charge is 2.01. The van der Waals surface area contributed by atoms with Crippen LogP contribution in [0.25, 0.3) is 0 Å². The maximum atomic E-state index is 8.61. The van der Waals surface area contributed by atoms with Gasteiger partial charge in [-0.1, -0.05) is 11.6 Å². The van der Waals surface area contributed by atoms with Gasteiger partial charge in [0.05, 0.1) is 13.2 Å². The van der Waals surface area contributed by atoms with Crippen molar-refractivity contribution in [3.63, 3.8) is 0 Å². The van der Waals surface area contributed by atoms with Crippen molar-refractivity contribution >= 4 is 66.1 Å². The van der Waals surface area contributed by atoms with Crippen LogP contribution in [0.3, 0.4) is 0 Å². The van der Waals surface area contributed by atoms with Crippen molar-refractivity contribution in [1.29, 1.82) is 0 Å². The van der Waals surface area contributed by atoms with Gasteiger partial charge in [-0.15, -0.1) is 22.7 Å². The smallest absolute Gasteiger partial charge is 0.107 e. The van der Waals surface area contributed by atoms with Crippen molar-refractivity contribution in [2.45, 2.75) is 13.2 Å². The Balaban J connectivity index is 0.000000171. The Kier molecular flexibility index (Phi) is 7.25. The normalized spacial score (nSPS) is 9.94. The van der Waals surface area contributed by atoms with Gasteiger partial charge < -0.3 is 10.2 Å². The van der Waals surface area contributed by atoms with E-state index in [1.165, 1.54) is 11.3 Å². The second kappa shape index (κ2) is 7.89. The average molecular weight is 421 g/mol.